The van der Waals surface area contributed by atoms with E-state index >= 15 is 0 Å². The summed E-state index contributed by atoms with van der Waals surface area (Å²) in [5.41, 5.74) is 0.455. The van der Waals surface area contributed by atoms with Gasteiger partial charge in [0.1, 0.15) is 5.82 Å². The molecule has 0 heterocycles. The minimum Gasteiger partial charge on any atom is -0.283 e. The number of hydrogen-bond acceptors (Lipinski definition) is 2. The van der Waals surface area contributed by atoms with Crippen LogP contribution in [0.15, 0.2) is 24.3 Å². The Morgan fingerprint density at radius 1 is 1.20 bits per heavy atom. The lowest BCUT2D eigenvalue weighted by atomic mass is 9.81. The van der Waals surface area contributed by atoms with E-state index in [0.29, 0.717) is 5.69 Å². The van der Waals surface area contributed by atoms with Gasteiger partial charge in [-0.2, -0.15) is 0 Å². The first kappa shape index (κ1) is 13.9. The lowest BCUT2D eigenvalue weighted by molar-refractivity contribution is 0.272. The Morgan fingerprint density at radius 2 is 1.80 bits per heavy atom. The predicted octanol–water partition coefficient (Wildman–Crippen LogP) is 3.54. The first-order valence-electron chi connectivity index (χ1n) is 7.18. The third-order valence-corrected chi connectivity index (χ3v) is 6.80. The van der Waals surface area contributed by atoms with Crippen LogP contribution < -0.4 is 4.72 Å². The van der Waals surface area contributed by atoms with E-state index in [9.17, 15) is 12.8 Å². The van der Waals surface area contributed by atoms with Gasteiger partial charge in [0, 0.05) is 5.69 Å². The molecule has 0 radical (unpaired) electrons. The van der Waals surface area contributed by atoms with Crippen LogP contribution in [0.2, 0.25) is 0 Å². The fourth-order valence-corrected chi connectivity index (χ4v) is 5.42. The summed E-state index contributed by atoms with van der Waals surface area (Å²) < 4.78 is 40.2. The lowest BCUT2D eigenvalue weighted by Gasteiger charge is -2.27. The number of rotatable bonds is 3. The van der Waals surface area contributed by atoms with Crippen molar-refractivity contribution in [2.24, 2.45) is 11.3 Å². The van der Waals surface area contributed by atoms with E-state index in [1.54, 1.807) is 0 Å². The summed E-state index contributed by atoms with van der Waals surface area (Å²) in [5.74, 6) is 0.353. The van der Waals surface area contributed by atoms with Crippen molar-refractivity contribution in [3.05, 3.63) is 30.1 Å². The average molecular weight is 297 g/mol. The maximum atomic E-state index is 12.8. The highest BCUT2D eigenvalue weighted by molar-refractivity contribution is 7.93. The first-order valence-corrected chi connectivity index (χ1v) is 8.73. The van der Waals surface area contributed by atoms with Crippen molar-refractivity contribution in [3.63, 3.8) is 0 Å². The highest BCUT2D eigenvalue weighted by Crippen LogP contribution is 2.60. The van der Waals surface area contributed by atoms with E-state index in [0.717, 1.165) is 38.0 Å². The molecule has 1 atom stereocenters. The van der Waals surface area contributed by atoms with Crippen LogP contribution in [0.1, 0.15) is 39.0 Å². The molecule has 1 aromatic rings. The smallest absolute Gasteiger partial charge is 0.236 e. The van der Waals surface area contributed by atoms with Crippen molar-refractivity contribution < 1.29 is 12.8 Å². The fraction of sp³-hybridized carbons (Fsp3) is 0.600. The number of sulfonamides is 1. The Labute approximate surface area is 119 Å². The quantitative estimate of drug-likeness (QED) is 0.927. The molecule has 110 valence electrons. The van der Waals surface area contributed by atoms with Gasteiger partial charge < -0.3 is 0 Å². The Kier molecular flexibility index (Phi) is 3.27. The summed E-state index contributed by atoms with van der Waals surface area (Å²) in [7, 11) is -3.35. The van der Waals surface area contributed by atoms with Gasteiger partial charge in [0.15, 0.2) is 0 Å². The van der Waals surface area contributed by atoms with E-state index in [1.807, 2.05) is 0 Å². The summed E-state index contributed by atoms with van der Waals surface area (Å²) in [4.78, 5) is 0. The third kappa shape index (κ3) is 2.55. The summed E-state index contributed by atoms with van der Waals surface area (Å²) in [6.07, 6.45) is 5.06. The van der Waals surface area contributed by atoms with Crippen LogP contribution in [-0.4, -0.2) is 13.7 Å². The molecule has 0 aromatic heterocycles. The van der Waals surface area contributed by atoms with Crippen molar-refractivity contribution in [2.45, 2.75) is 44.3 Å². The van der Waals surface area contributed by atoms with Crippen LogP contribution in [0.25, 0.3) is 0 Å². The van der Waals surface area contributed by atoms with Crippen LogP contribution in [0.3, 0.4) is 0 Å². The topological polar surface area (TPSA) is 46.2 Å². The highest BCUT2D eigenvalue weighted by atomic mass is 32.2. The van der Waals surface area contributed by atoms with E-state index < -0.39 is 10.0 Å². The molecule has 0 aliphatic heterocycles. The van der Waals surface area contributed by atoms with Crippen molar-refractivity contribution in [1.29, 1.82) is 0 Å². The number of benzene rings is 1. The Balaban J connectivity index is 1.69. The molecule has 5 heteroatoms. The van der Waals surface area contributed by atoms with Crippen LogP contribution in [0.5, 0.6) is 0 Å². The van der Waals surface area contributed by atoms with Gasteiger partial charge in [-0.25, -0.2) is 12.8 Å². The van der Waals surface area contributed by atoms with Gasteiger partial charge >= 0.3 is 0 Å². The predicted molar refractivity (Wildman–Crippen MR) is 77.4 cm³/mol. The summed E-state index contributed by atoms with van der Waals surface area (Å²) in [6.45, 7) is 2.23. The monoisotopic (exact) mass is 297 g/mol. The van der Waals surface area contributed by atoms with Gasteiger partial charge in [-0.05, 0) is 54.9 Å². The van der Waals surface area contributed by atoms with Crippen LogP contribution >= 0.6 is 0 Å². The van der Waals surface area contributed by atoms with Crippen molar-refractivity contribution >= 4 is 15.7 Å². The summed E-state index contributed by atoms with van der Waals surface area (Å²) in [5, 5.41) is -0.271. The Bertz CT molecular complexity index is 589. The van der Waals surface area contributed by atoms with Gasteiger partial charge in [-0.15, -0.1) is 0 Å². The molecule has 2 saturated carbocycles. The van der Waals surface area contributed by atoms with Crippen LogP contribution in [0, 0.1) is 17.2 Å². The molecule has 2 aliphatic carbocycles. The van der Waals surface area contributed by atoms with Gasteiger partial charge in [-0.1, -0.05) is 19.8 Å². The van der Waals surface area contributed by atoms with Gasteiger partial charge in [0.05, 0.1) is 5.25 Å². The first-order chi connectivity index (χ1) is 9.41. The van der Waals surface area contributed by atoms with E-state index in [1.165, 1.54) is 24.3 Å². The number of halogens is 1. The molecular formula is C15H20FNO2S. The number of hydrogen-bond donors (Lipinski definition) is 1. The second-order valence-corrected chi connectivity index (χ2v) is 8.25. The molecular weight excluding hydrogens is 277 g/mol. The second-order valence-electron chi connectivity index (χ2n) is 6.39. The van der Waals surface area contributed by atoms with Crippen LogP contribution in [0.4, 0.5) is 10.1 Å². The molecule has 1 unspecified atom stereocenters. The van der Waals surface area contributed by atoms with Gasteiger partial charge in [-0.3, -0.25) is 4.72 Å². The number of nitrogens with one attached hydrogen (secondary N) is 1. The largest absolute Gasteiger partial charge is 0.283 e. The van der Waals surface area contributed by atoms with E-state index in [-0.39, 0.29) is 16.5 Å². The molecule has 0 bridgehead atoms. The standard InChI is InChI=1S/C15H20FNO2S/c1-11-6-8-15(9-7-11)10-14(15)20(18,19)17-13-4-2-12(16)3-5-13/h2-5,11,14,17H,6-10H2,1H3. The van der Waals surface area contributed by atoms with Crippen molar-refractivity contribution in [3.8, 4) is 0 Å². The molecule has 3 nitrogen and oxygen atoms in total. The molecule has 0 amide bonds. The molecule has 1 aromatic carbocycles. The highest BCUT2D eigenvalue weighted by Gasteiger charge is 2.61. The third-order valence-electron chi connectivity index (χ3n) is 4.86. The second kappa shape index (κ2) is 4.72. The van der Waals surface area contributed by atoms with Gasteiger partial charge in [0.2, 0.25) is 10.0 Å². The fourth-order valence-electron chi connectivity index (χ4n) is 3.37. The van der Waals surface area contributed by atoms with Gasteiger partial charge in [0.25, 0.3) is 0 Å². The SMILES string of the molecule is CC1CCC2(CC1)CC2S(=O)(=O)Nc1ccc(F)cc1. The van der Waals surface area contributed by atoms with Crippen molar-refractivity contribution in [1.82, 2.24) is 0 Å². The zero-order valence-corrected chi connectivity index (χ0v) is 12.4. The maximum Gasteiger partial charge on any atom is 0.236 e. The summed E-state index contributed by atoms with van der Waals surface area (Å²) in [6, 6.07) is 5.46. The average Bonchev–Trinajstić information content (AvgIpc) is 3.12. The Hall–Kier alpha value is -1.10. The maximum absolute atomic E-state index is 12.8. The molecule has 2 aliphatic rings. The van der Waals surface area contributed by atoms with Crippen LogP contribution in [-0.2, 0) is 10.0 Å². The molecule has 2 fully saturated rings. The molecule has 20 heavy (non-hydrogen) atoms. The zero-order chi connectivity index (χ0) is 14.4. The number of anilines is 1. The normalized spacial score (nSPS) is 33.1. The Morgan fingerprint density at radius 3 is 2.40 bits per heavy atom. The van der Waals surface area contributed by atoms with E-state index in [4.69, 9.17) is 0 Å². The zero-order valence-electron chi connectivity index (χ0n) is 11.6. The van der Waals surface area contributed by atoms with Crippen molar-refractivity contribution in [2.75, 3.05) is 4.72 Å². The minimum atomic E-state index is -3.35. The molecule has 3 rings (SSSR count). The minimum absolute atomic E-state index is 0.0123. The molecule has 0 saturated heterocycles. The van der Waals surface area contributed by atoms with E-state index in [2.05, 4.69) is 11.6 Å². The lowest BCUT2D eigenvalue weighted by Crippen LogP contribution is -2.25. The molecule has 1 spiro atoms. The molecule has 1 N–H and O–H groups in total. The summed E-state index contributed by atoms with van der Waals surface area (Å²) >= 11 is 0.